The molecule has 16 heavy (non-hydrogen) atoms. The van der Waals surface area contributed by atoms with E-state index in [1.54, 1.807) is 0 Å². The fourth-order valence-corrected chi connectivity index (χ4v) is 1.22. The van der Waals surface area contributed by atoms with Crippen LogP contribution in [0, 0.1) is 5.82 Å². The molecule has 2 nitrogen and oxygen atoms in total. The van der Waals surface area contributed by atoms with Crippen LogP contribution in [-0.4, -0.2) is 18.8 Å². The van der Waals surface area contributed by atoms with Crippen molar-refractivity contribution in [3.05, 3.63) is 35.1 Å². The van der Waals surface area contributed by atoms with Crippen molar-refractivity contribution in [2.24, 2.45) is 0 Å². The quantitative estimate of drug-likeness (QED) is 0.820. The van der Waals surface area contributed by atoms with E-state index in [9.17, 15) is 22.7 Å². The van der Waals surface area contributed by atoms with Gasteiger partial charge in [-0.05, 0) is 17.7 Å². The molecule has 0 fully saturated rings. The summed E-state index contributed by atoms with van der Waals surface area (Å²) >= 11 is 0. The van der Waals surface area contributed by atoms with Crippen LogP contribution in [0.3, 0.4) is 0 Å². The van der Waals surface area contributed by atoms with Crippen LogP contribution in [0.2, 0.25) is 0 Å². The molecule has 1 aromatic carbocycles. The highest BCUT2D eigenvalue weighted by Gasteiger charge is 2.34. The first-order valence-electron chi connectivity index (χ1n) is 4.40. The maximum Gasteiger partial charge on any atom is 0.419 e. The second-order valence-electron chi connectivity index (χ2n) is 3.21. The van der Waals surface area contributed by atoms with Crippen molar-refractivity contribution >= 4 is 0 Å². The normalized spacial score (nSPS) is 13.9. The molecule has 90 valence electrons. The molecular weight excluding hydrogens is 228 g/mol. The third-order valence-electron chi connectivity index (χ3n) is 2.01. The Morgan fingerprint density at radius 2 is 2.00 bits per heavy atom. The van der Waals surface area contributed by atoms with Gasteiger partial charge in [-0.1, -0.05) is 6.07 Å². The van der Waals surface area contributed by atoms with E-state index in [0.29, 0.717) is 12.1 Å². The van der Waals surface area contributed by atoms with Crippen LogP contribution >= 0.6 is 0 Å². The molecule has 0 amide bonds. The zero-order valence-corrected chi connectivity index (χ0v) is 8.38. The van der Waals surface area contributed by atoms with Gasteiger partial charge in [-0.2, -0.15) is 13.2 Å². The summed E-state index contributed by atoms with van der Waals surface area (Å²) in [6, 6.07) is 2.28. The first-order chi connectivity index (χ1) is 7.36. The zero-order valence-electron chi connectivity index (χ0n) is 8.38. The molecule has 1 aromatic rings. The molecule has 0 radical (unpaired) electrons. The molecule has 0 aliphatic heterocycles. The van der Waals surface area contributed by atoms with Crippen LogP contribution in [0.5, 0.6) is 0 Å². The average molecular weight is 238 g/mol. The van der Waals surface area contributed by atoms with Gasteiger partial charge in [-0.25, -0.2) is 4.39 Å². The fourth-order valence-electron chi connectivity index (χ4n) is 1.22. The number of alkyl halides is 3. The number of rotatable bonds is 3. The summed E-state index contributed by atoms with van der Waals surface area (Å²) in [4.78, 5) is 0. The van der Waals surface area contributed by atoms with Crippen molar-refractivity contribution in [2.75, 3.05) is 13.7 Å². The maximum absolute atomic E-state index is 13.1. The minimum Gasteiger partial charge on any atom is -0.386 e. The maximum atomic E-state index is 13.1. The molecule has 1 N–H and O–H groups in total. The Hall–Kier alpha value is -1.14. The second kappa shape index (κ2) is 4.80. The molecule has 0 aliphatic rings. The number of ether oxygens (including phenoxy) is 1. The van der Waals surface area contributed by atoms with Crippen molar-refractivity contribution in [3.63, 3.8) is 0 Å². The highest BCUT2D eigenvalue weighted by Crippen LogP contribution is 2.32. The summed E-state index contributed by atoms with van der Waals surface area (Å²) < 4.78 is 54.3. The van der Waals surface area contributed by atoms with E-state index in [4.69, 9.17) is 0 Å². The van der Waals surface area contributed by atoms with Crippen LogP contribution in [0.15, 0.2) is 18.2 Å². The van der Waals surface area contributed by atoms with Gasteiger partial charge in [-0.3, -0.25) is 0 Å². The molecule has 0 spiro atoms. The molecule has 0 saturated carbocycles. The number of aliphatic hydroxyl groups excluding tert-OH is 1. The third kappa shape index (κ3) is 2.93. The van der Waals surface area contributed by atoms with E-state index < -0.39 is 23.7 Å². The molecule has 0 unspecified atom stereocenters. The number of halogens is 4. The van der Waals surface area contributed by atoms with Crippen molar-refractivity contribution in [3.8, 4) is 0 Å². The van der Waals surface area contributed by atoms with E-state index >= 15 is 0 Å². The molecule has 0 aliphatic carbocycles. The lowest BCUT2D eigenvalue weighted by Crippen LogP contribution is -2.10. The van der Waals surface area contributed by atoms with Gasteiger partial charge in [0.25, 0.3) is 0 Å². The van der Waals surface area contributed by atoms with Crippen molar-refractivity contribution in [2.45, 2.75) is 12.3 Å². The van der Waals surface area contributed by atoms with Crippen molar-refractivity contribution in [1.82, 2.24) is 0 Å². The molecule has 0 bridgehead atoms. The third-order valence-corrected chi connectivity index (χ3v) is 2.01. The molecule has 0 saturated heterocycles. The first-order valence-corrected chi connectivity index (χ1v) is 4.40. The van der Waals surface area contributed by atoms with E-state index in [-0.39, 0.29) is 12.2 Å². The summed E-state index contributed by atoms with van der Waals surface area (Å²) in [6.45, 7) is -0.106. The van der Waals surface area contributed by atoms with Gasteiger partial charge in [0.15, 0.2) is 0 Å². The Morgan fingerprint density at radius 3 is 2.44 bits per heavy atom. The Labute approximate surface area is 89.5 Å². The fraction of sp³-hybridized carbons (Fsp3) is 0.400. The SMILES string of the molecule is COC[C@H](O)c1ccc(C(F)(F)F)c(F)c1. The Morgan fingerprint density at radius 1 is 1.38 bits per heavy atom. The largest absolute Gasteiger partial charge is 0.419 e. The summed E-state index contributed by atoms with van der Waals surface area (Å²) in [6.07, 6.45) is -5.86. The lowest BCUT2D eigenvalue weighted by atomic mass is 10.1. The highest BCUT2D eigenvalue weighted by molar-refractivity contribution is 5.27. The smallest absolute Gasteiger partial charge is 0.386 e. The van der Waals surface area contributed by atoms with Crippen molar-refractivity contribution < 1.29 is 27.4 Å². The first kappa shape index (κ1) is 12.9. The lowest BCUT2D eigenvalue weighted by molar-refractivity contribution is -0.140. The minimum absolute atomic E-state index is 0.0485. The van der Waals surface area contributed by atoms with Crippen LogP contribution in [0.25, 0.3) is 0 Å². The van der Waals surface area contributed by atoms with Crippen LogP contribution < -0.4 is 0 Å². The Bertz CT molecular complexity index is 362. The second-order valence-corrected chi connectivity index (χ2v) is 3.21. The highest BCUT2D eigenvalue weighted by atomic mass is 19.4. The topological polar surface area (TPSA) is 29.5 Å². The predicted molar refractivity (Wildman–Crippen MR) is 48.2 cm³/mol. The predicted octanol–water partition coefficient (Wildman–Crippen LogP) is 2.52. The van der Waals surface area contributed by atoms with E-state index in [1.165, 1.54) is 7.11 Å². The lowest BCUT2D eigenvalue weighted by Gasteiger charge is -2.12. The molecule has 1 atom stereocenters. The van der Waals surface area contributed by atoms with Gasteiger partial charge in [0, 0.05) is 7.11 Å². The molecule has 6 heteroatoms. The van der Waals surface area contributed by atoms with Gasteiger partial charge in [-0.15, -0.1) is 0 Å². The van der Waals surface area contributed by atoms with Crippen LogP contribution in [-0.2, 0) is 10.9 Å². The number of hydrogen-bond acceptors (Lipinski definition) is 2. The average Bonchev–Trinajstić information content (AvgIpc) is 2.16. The minimum atomic E-state index is -4.73. The number of benzene rings is 1. The van der Waals surface area contributed by atoms with Crippen LogP contribution in [0.1, 0.15) is 17.2 Å². The number of aliphatic hydroxyl groups is 1. The van der Waals surface area contributed by atoms with Gasteiger partial charge < -0.3 is 9.84 Å². The van der Waals surface area contributed by atoms with E-state index in [0.717, 1.165) is 6.07 Å². The summed E-state index contributed by atoms with van der Waals surface area (Å²) in [7, 11) is 1.32. The van der Waals surface area contributed by atoms with Gasteiger partial charge in [0.1, 0.15) is 11.9 Å². The Balaban J connectivity index is 3.00. The molecule has 1 rings (SSSR count). The molecular formula is C10H10F4O2. The molecule has 0 aromatic heterocycles. The zero-order chi connectivity index (χ0) is 12.3. The monoisotopic (exact) mass is 238 g/mol. The molecule has 0 heterocycles. The van der Waals surface area contributed by atoms with Crippen LogP contribution in [0.4, 0.5) is 17.6 Å². The number of hydrogen-bond donors (Lipinski definition) is 1. The van der Waals surface area contributed by atoms with Gasteiger partial charge >= 0.3 is 6.18 Å². The standard InChI is InChI=1S/C10H10F4O2/c1-16-5-9(15)6-2-3-7(8(11)4-6)10(12,13)14/h2-4,9,15H,5H2,1H3/t9-/m0/s1. The van der Waals surface area contributed by atoms with E-state index in [2.05, 4.69) is 4.74 Å². The summed E-state index contributed by atoms with van der Waals surface area (Å²) in [5.41, 5.74) is -1.30. The number of methoxy groups -OCH3 is 1. The van der Waals surface area contributed by atoms with Gasteiger partial charge in [0.05, 0.1) is 12.2 Å². The van der Waals surface area contributed by atoms with Crippen molar-refractivity contribution in [1.29, 1.82) is 0 Å². The Kier molecular flexibility index (Phi) is 3.88. The van der Waals surface area contributed by atoms with Gasteiger partial charge in [0.2, 0.25) is 0 Å². The van der Waals surface area contributed by atoms with E-state index in [1.807, 2.05) is 0 Å². The summed E-state index contributed by atoms with van der Waals surface area (Å²) in [5.74, 6) is -1.40. The summed E-state index contributed by atoms with van der Waals surface area (Å²) in [5, 5.41) is 9.37.